The fourth-order valence-electron chi connectivity index (χ4n) is 4.37. The minimum absolute atomic E-state index is 0. The molecule has 0 saturated heterocycles. The summed E-state index contributed by atoms with van der Waals surface area (Å²) in [5, 5.41) is 12.6. The molecule has 1 unspecified atom stereocenters. The van der Waals surface area contributed by atoms with Crippen LogP contribution in [0.3, 0.4) is 0 Å². The standard InChI is InChI=1S/C25H37O4P.C3H7.ClH.Li.Ni/c1-23(2,3)30(24(4,5)6)17-25(26,18-13-11-10-12-14-18)22-20(28-8)15-19(27-7)16-21(22)29-9;1-3-2;;;/h10-16,26H,17H2,1-9H3;3H,1-2H3;1H;;/q;-1;;+1;. The number of benzene rings is 2. The van der Waals surface area contributed by atoms with Crippen LogP contribution < -0.4 is 45.5 Å². The van der Waals surface area contributed by atoms with Gasteiger partial charge < -0.3 is 38.1 Å². The summed E-state index contributed by atoms with van der Waals surface area (Å²) < 4.78 is 16.9. The van der Waals surface area contributed by atoms with Crippen LogP contribution in [0.2, 0.25) is 0 Å². The molecule has 36 heavy (non-hydrogen) atoms. The van der Waals surface area contributed by atoms with E-state index in [1.54, 1.807) is 21.3 Å². The predicted octanol–water partition coefficient (Wildman–Crippen LogP) is 0.995. The molecular formula is C28H45ClLiNiO4P. The summed E-state index contributed by atoms with van der Waals surface area (Å²) in [6.45, 7) is 17.7. The second-order valence-corrected chi connectivity index (χ2v) is 14.7. The molecule has 0 aromatic heterocycles. The fraction of sp³-hybridized carbons (Fsp3) is 0.536. The number of halogens is 1. The zero-order chi connectivity index (χ0) is 25.4. The van der Waals surface area contributed by atoms with Gasteiger partial charge in [-0.05, 0) is 47.1 Å². The summed E-state index contributed by atoms with van der Waals surface area (Å²) in [6.07, 6.45) is 2.62. The van der Waals surface area contributed by atoms with E-state index >= 15 is 0 Å². The van der Waals surface area contributed by atoms with E-state index in [1.165, 1.54) is 0 Å². The van der Waals surface area contributed by atoms with Gasteiger partial charge in [0.05, 0.1) is 43.4 Å². The topological polar surface area (TPSA) is 47.9 Å². The van der Waals surface area contributed by atoms with E-state index in [0.29, 0.717) is 29.0 Å². The summed E-state index contributed by atoms with van der Waals surface area (Å²) in [5.74, 6) is 1.74. The van der Waals surface area contributed by atoms with Crippen molar-refractivity contribution < 1.29 is 67.1 Å². The first-order chi connectivity index (χ1) is 15.3. The Morgan fingerprint density at radius 1 is 0.806 bits per heavy atom. The molecule has 0 fully saturated rings. The maximum Gasteiger partial charge on any atom is 1.00 e. The first-order valence-electron chi connectivity index (χ1n) is 11.5. The smallest absolute Gasteiger partial charge is 1.00 e. The van der Waals surface area contributed by atoms with Gasteiger partial charge in [0, 0.05) is 36.5 Å². The Hall–Kier alpha value is -0.389. The summed E-state index contributed by atoms with van der Waals surface area (Å²) in [5.41, 5.74) is 0.220. The Morgan fingerprint density at radius 3 is 1.50 bits per heavy atom. The molecule has 0 amide bonds. The number of ether oxygens (including phenoxy) is 3. The normalized spacial score (nSPS) is 12.5. The van der Waals surface area contributed by atoms with E-state index in [2.05, 4.69) is 41.5 Å². The Morgan fingerprint density at radius 2 is 1.19 bits per heavy atom. The van der Waals surface area contributed by atoms with Gasteiger partial charge in [0.15, 0.2) is 5.60 Å². The van der Waals surface area contributed by atoms with Crippen molar-refractivity contribution in [3.05, 3.63) is 60.0 Å². The third-order valence-electron chi connectivity index (χ3n) is 5.62. The molecule has 2 aromatic carbocycles. The van der Waals surface area contributed by atoms with Gasteiger partial charge in [-0.15, -0.1) is 0 Å². The van der Waals surface area contributed by atoms with Crippen LogP contribution in [0.15, 0.2) is 42.5 Å². The van der Waals surface area contributed by atoms with E-state index in [-0.39, 0.29) is 58.1 Å². The third kappa shape index (κ3) is 10.4. The molecule has 1 atom stereocenters. The monoisotopic (exact) mass is 576 g/mol. The van der Waals surface area contributed by atoms with E-state index in [0.717, 1.165) is 5.56 Å². The Balaban J connectivity index is -0.00000172. The molecule has 204 valence electrons. The second-order valence-electron chi connectivity index (χ2n) is 10.4. The molecule has 0 heterocycles. The average Bonchev–Trinajstić information content (AvgIpc) is 2.75. The zero-order valence-electron chi connectivity index (χ0n) is 24.2. The van der Waals surface area contributed by atoms with Crippen molar-refractivity contribution in [2.75, 3.05) is 27.5 Å². The summed E-state index contributed by atoms with van der Waals surface area (Å²) in [4.78, 5) is 0. The van der Waals surface area contributed by atoms with Crippen molar-refractivity contribution >= 4 is 7.92 Å². The Bertz CT molecular complexity index is 833. The number of rotatable bonds is 7. The zero-order valence-corrected chi connectivity index (χ0v) is 26.9. The van der Waals surface area contributed by atoms with Gasteiger partial charge in [0.25, 0.3) is 0 Å². The van der Waals surface area contributed by atoms with Crippen LogP contribution in [0, 0.1) is 6.42 Å². The number of methoxy groups -OCH3 is 3. The third-order valence-corrected chi connectivity index (χ3v) is 10.1. The van der Waals surface area contributed by atoms with Crippen molar-refractivity contribution in [1.29, 1.82) is 0 Å². The minimum Gasteiger partial charge on any atom is -1.00 e. The van der Waals surface area contributed by atoms with Crippen LogP contribution in [0.1, 0.15) is 66.5 Å². The van der Waals surface area contributed by atoms with E-state index in [4.69, 9.17) is 14.2 Å². The van der Waals surface area contributed by atoms with Gasteiger partial charge in [-0.3, -0.25) is 0 Å². The quantitative estimate of drug-likeness (QED) is 0.303. The van der Waals surface area contributed by atoms with Crippen molar-refractivity contribution in [2.24, 2.45) is 0 Å². The van der Waals surface area contributed by atoms with Crippen molar-refractivity contribution in [1.82, 2.24) is 0 Å². The van der Waals surface area contributed by atoms with Crippen LogP contribution in [0.5, 0.6) is 17.2 Å². The van der Waals surface area contributed by atoms with Gasteiger partial charge in [-0.2, -0.15) is 13.8 Å². The number of hydrogen-bond donors (Lipinski definition) is 1. The molecule has 1 N–H and O–H groups in total. The minimum atomic E-state index is -1.26. The molecule has 0 spiro atoms. The molecule has 0 radical (unpaired) electrons. The fourth-order valence-corrected chi connectivity index (χ4v) is 8.58. The molecule has 2 aromatic rings. The first kappa shape index (κ1) is 40.1. The molecule has 8 heteroatoms. The van der Waals surface area contributed by atoms with E-state index in [1.807, 2.05) is 62.7 Å². The van der Waals surface area contributed by atoms with Crippen molar-refractivity contribution in [3.63, 3.8) is 0 Å². The largest absolute Gasteiger partial charge is 1.00 e. The molecule has 0 aliphatic carbocycles. The van der Waals surface area contributed by atoms with Gasteiger partial charge in [0.1, 0.15) is 17.2 Å². The van der Waals surface area contributed by atoms with Crippen LogP contribution in [-0.4, -0.2) is 42.9 Å². The molecule has 2 rings (SSSR count). The number of aliphatic hydroxyl groups is 1. The summed E-state index contributed by atoms with van der Waals surface area (Å²) >= 11 is 0. The SMILES string of the molecule is COc1cc(OC)c(C(O)(C[PH+](C(C)(C)C)C(C)(C)C)c2ccccc2)c(OC)c1.C[CH-]C.[Cl-].[Li+].[Ni]. The van der Waals surface area contributed by atoms with E-state index < -0.39 is 13.5 Å². The predicted molar refractivity (Wildman–Crippen MR) is 144 cm³/mol. The van der Waals surface area contributed by atoms with Gasteiger partial charge >= 0.3 is 18.9 Å². The van der Waals surface area contributed by atoms with Crippen molar-refractivity contribution in [2.45, 2.75) is 71.3 Å². The second kappa shape index (κ2) is 17.2. The molecule has 0 bridgehead atoms. The van der Waals surface area contributed by atoms with Crippen LogP contribution >= 0.6 is 7.92 Å². The summed E-state index contributed by atoms with van der Waals surface area (Å²) in [6, 6.07) is 13.5. The van der Waals surface area contributed by atoms with E-state index in [9.17, 15) is 5.11 Å². The van der Waals surface area contributed by atoms with Gasteiger partial charge in [-0.1, -0.05) is 30.3 Å². The number of hydrogen-bond acceptors (Lipinski definition) is 4. The average molecular weight is 578 g/mol. The Labute approximate surface area is 249 Å². The maximum atomic E-state index is 12.5. The van der Waals surface area contributed by atoms with Crippen LogP contribution in [0.25, 0.3) is 0 Å². The van der Waals surface area contributed by atoms with Gasteiger partial charge in [0.2, 0.25) is 0 Å². The molecule has 0 aliphatic heterocycles. The molecule has 4 nitrogen and oxygen atoms in total. The Kier molecular flexibility index (Phi) is 19.2. The first-order valence-corrected chi connectivity index (χ1v) is 13.2. The summed E-state index contributed by atoms with van der Waals surface area (Å²) in [7, 11) is 3.75. The molecule has 0 saturated carbocycles. The van der Waals surface area contributed by atoms with Crippen LogP contribution in [-0.2, 0) is 22.1 Å². The van der Waals surface area contributed by atoms with Crippen molar-refractivity contribution in [3.8, 4) is 17.2 Å². The van der Waals surface area contributed by atoms with Crippen LogP contribution in [0.4, 0.5) is 0 Å². The molecule has 0 aliphatic rings. The molecular weight excluding hydrogens is 532 g/mol. The maximum absolute atomic E-state index is 12.5. The van der Waals surface area contributed by atoms with Gasteiger partial charge in [-0.25, -0.2) is 0 Å².